The molecule has 2 aromatic rings. The predicted molar refractivity (Wildman–Crippen MR) is 103 cm³/mol. The van der Waals surface area contributed by atoms with Gasteiger partial charge in [0.2, 0.25) is 10.0 Å². The smallest absolute Gasteiger partial charge is 0.318 e. The number of nitrogens with zero attached hydrogens (tertiary/aromatic N) is 3. The van der Waals surface area contributed by atoms with E-state index in [1.54, 1.807) is 25.1 Å². The lowest BCUT2D eigenvalue weighted by atomic mass is 10.3. The fraction of sp³-hybridized carbons (Fsp3) is 0.529. The van der Waals surface area contributed by atoms with Crippen molar-refractivity contribution in [1.82, 2.24) is 13.9 Å². The Hall–Kier alpha value is -1.58. The third-order valence-corrected chi connectivity index (χ3v) is 7.27. The summed E-state index contributed by atoms with van der Waals surface area (Å²) in [5.41, 5.74) is 1.44. The molecular formula is C17H25N3O4S2. The molecule has 0 fully saturated rings. The number of aryl methyl sites for hydroxylation is 1. The second-order valence-electron chi connectivity index (χ2n) is 5.66. The number of carbonyl (C=O) groups is 1. The molecule has 0 spiro atoms. The number of thioether (sulfide) groups is 1. The molecule has 1 aromatic heterocycles. The van der Waals surface area contributed by atoms with Crippen molar-refractivity contribution in [2.24, 2.45) is 0 Å². The number of sulfonamides is 1. The van der Waals surface area contributed by atoms with Crippen molar-refractivity contribution < 1.29 is 17.9 Å². The summed E-state index contributed by atoms with van der Waals surface area (Å²) in [6, 6.07) is 4.99. The van der Waals surface area contributed by atoms with Crippen LogP contribution in [0, 0.1) is 0 Å². The van der Waals surface area contributed by atoms with E-state index in [-0.39, 0.29) is 10.9 Å². The molecule has 0 radical (unpaired) electrons. The molecule has 0 bridgehead atoms. The number of ether oxygens (including phenoxy) is 1. The minimum Gasteiger partial charge on any atom is -0.468 e. The van der Waals surface area contributed by atoms with E-state index in [1.165, 1.54) is 23.2 Å². The van der Waals surface area contributed by atoms with E-state index < -0.39 is 15.3 Å². The molecule has 0 amide bonds. The maximum atomic E-state index is 12.7. The first-order valence-electron chi connectivity index (χ1n) is 8.54. The Balaban J connectivity index is 2.49. The zero-order chi connectivity index (χ0) is 19.5. The topological polar surface area (TPSA) is 81.5 Å². The van der Waals surface area contributed by atoms with Crippen LogP contribution in [0.2, 0.25) is 0 Å². The van der Waals surface area contributed by atoms with Crippen molar-refractivity contribution in [1.29, 1.82) is 0 Å². The predicted octanol–water partition coefficient (Wildman–Crippen LogP) is 2.74. The van der Waals surface area contributed by atoms with Gasteiger partial charge in [-0.1, -0.05) is 25.6 Å². The summed E-state index contributed by atoms with van der Waals surface area (Å²) < 4.78 is 33.6. The van der Waals surface area contributed by atoms with Crippen LogP contribution in [0.3, 0.4) is 0 Å². The summed E-state index contributed by atoms with van der Waals surface area (Å²) in [5.74, 6) is -0.325. The van der Waals surface area contributed by atoms with E-state index in [2.05, 4.69) is 4.98 Å². The Morgan fingerprint density at radius 3 is 2.50 bits per heavy atom. The van der Waals surface area contributed by atoms with Crippen molar-refractivity contribution in [2.45, 2.75) is 49.5 Å². The van der Waals surface area contributed by atoms with Crippen LogP contribution in [0.5, 0.6) is 0 Å². The van der Waals surface area contributed by atoms with Crippen LogP contribution in [0.15, 0.2) is 28.3 Å². The van der Waals surface area contributed by atoms with Gasteiger partial charge in [-0.3, -0.25) is 4.79 Å². The summed E-state index contributed by atoms with van der Waals surface area (Å²) in [5, 5.41) is 0.263. The summed E-state index contributed by atoms with van der Waals surface area (Å²) in [4.78, 5) is 16.5. The number of fused-ring (bicyclic) bond motifs is 1. The minimum atomic E-state index is -3.54. The Morgan fingerprint density at radius 2 is 1.96 bits per heavy atom. The zero-order valence-corrected chi connectivity index (χ0v) is 17.4. The number of hydrogen-bond acceptors (Lipinski definition) is 6. The highest BCUT2D eigenvalue weighted by atomic mass is 32.2. The minimum absolute atomic E-state index is 0.229. The van der Waals surface area contributed by atoms with Crippen LogP contribution in [-0.2, 0) is 26.1 Å². The maximum absolute atomic E-state index is 12.7. The first kappa shape index (κ1) is 20.7. The van der Waals surface area contributed by atoms with Gasteiger partial charge >= 0.3 is 5.97 Å². The molecule has 1 unspecified atom stereocenters. The molecule has 9 heteroatoms. The Morgan fingerprint density at radius 1 is 1.31 bits per heavy atom. The maximum Gasteiger partial charge on any atom is 0.318 e. The number of methoxy groups -OCH3 is 1. The SMILES string of the molecule is CCN(CC)S(=O)(=O)c1ccc2c(c1)nc(SC(C)C(=O)OC)n2CC. The molecule has 1 atom stereocenters. The van der Waals surface area contributed by atoms with Gasteiger partial charge in [-0.2, -0.15) is 4.31 Å². The highest BCUT2D eigenvalue weighted by Crippen LogP contribution is 2.29. The molecule has 0 aliphatic heterocycles. The molecule has 0 saturated carbocycles. The largest absolute Gasteiger partial charge is 0.468 e. The molecule has 2 rings (SSSR count). The van der Waals surface area contributed by atoms with Crippen LogP contribution in [0.4, 0.5) is 0 Å². The average molecular weight is 400 g/mol. The third-order valence-electron chi connectivity index (χ3n) is 4.16. The average Bonchev–Trinajstić information content (AvgIpc) is 2.97. The number of benzene rings is 1. The zero-order valence-electron chi connectivity index (χ0n) is 15.7. The van der Waals surface area contributed by atoms with Gasteiger partial charge in [0, 0.05) is 19.6 Å². The van der Waals surface area contributed by atoms with E-state index in [1.807, 2.05) is 25.3 Å². The summed E-state index contributed by atoms with van der Waals surface area (Å²) in [6.07, 6.45) is 0. The van der Waals surface area contributed by atoms with Crippen molar-refractivity contribution in [2.75, 3.05) is 20.2 Å². The van der Waals surface area contributed by atoms with Crippen molar-refractivity contribution in [3.63, 3.8) is 0 Å². The van der Waals surface area contributed by atoms with Gasteiger partial charge in [0.05, 0.1) is 23.0 Å². The molecule has 26 heavy (non-hydrogen) atoms. The van der Waals surface area contributed by atoms with E-state index in [9.17, 15) is 13.2 Å². The van der Waals surface area contributed by atoms with Crippen LogP contribution in [0.1, 0.15) is 27.7 Å². The quantitative estimate of drug-likeness (QED) is 0.501. The number of rotatable bonds is 8. The van der Waals surface area contributed by atoms with Crippen LogP contribution in [0.25, 0.3) is 11.0 Å². The molecule has 144 valence electrons. The highest BCUT2D eigenvalue weighted by molar-refractivity contribution is 8.00. The highest BCUT2D eigenvalue weighted by Gasteiger charge is 2.24. The first-order valence-corrected chi connectivity index (χ1v) is 10.9. The number of imidazole rings is 1. The third kappa shape index (κ3) is 3.89. The lowest BCUT2D eigenvalue weighted by Crippen LogP contribution is -2.30. The molecule has 7 nitrogen and oxygen atoms in total. The second kappa shape index (κ2) is 8.41. The van der Waals surface area contributed by atoms with Gasteiger partial charge in [-0.15, -0.1) is 0 Å². The standard InChI is InChI=1S/C17H25N3O4S2/c1-6-19(7-2)26(22,23)13-9-10-15-14(11-13)18-17(20(15)8-3)25-12(4)16(21)24-5/h9-12H,6-8H2,1-5H3. The normalized spacial score (nSPS) is 13.3. The van der Waals surface area contributed by atoms with Gasteiger partial charge in [0.15, 0.2) is 5.16 Å². The monoisotopic (exact) mass is 399 g/mol. The fourth-order valence-electron chi connectivity index (χ4n) is 2.73. The summed E-state index contributed by atoms with van der Waals surface area (Å²) in [6.45, 7) is 8.86. The molecule has 0 N–H and O–H groups in total. The Bertz CT molecular complexity index is 889. The molecule has 1 heterocycles. The van der Waals surface area contributed by atoms with E-state index in [0.29, 0.717) is 30.3 Å². The lowest BCUT2D eigenvalue weighted by Gasteiger charge is -2.18. The fourth-order valence-corrected chi connectivity index (χ4v) is 5.22. The van der Waals surface area contributed by atoms with Crippen molar-refractivity contribution in [3.8, 4) is 0 Å². The van der Waals surface area contributed by atoms with Gasteiger partial charge in [-0.25, -0.2) is 13.4 Å². The first-order chi connectivity index (χ1) is 12.3. The van der Waals surface area contributed by atoms with E-state index in [0.717, 1.165) is 5.52 Å². The molecule has 0 aliphatic rings. The van der Waals surface area contributed by atoms with Gasteiger partial charge in [-0.05, 0) is 32.0 Å². The number of esters is 1. The number of aromatic nitrogens is 2. The molecule has 1 aromatic carbocycles. The number of hydrogen-bond donors (Lipinski definition) is 0. The van der Waals surface area contributed by atoms with Crippen LogP contribution in [-0.4, -0.2) is 53.7 Å². The van der Waals surface area contributed by atoms with E-state index in [4.69, 9.17) is 4.74 Å². The van der Waals surface area contributed by atoms with E-state index >= 15 is 0 Å². The van der Waals surface area contributed by atoms with Gasteiger partial charge < -0.3 is 9.30 Å². The molecule has 0 aliphatic carbocycles. The van der Waals surface area contributed by atoms with Gasteiger partial charge in [0.25, 0.3) is 0 Å². The van der Waals surface area contributed by atoms with Crippen LogP contribution < -0.4 is 0 Å². The van der Waals surface area contributed by atoms with Gasteiger partial charge in [0.1, 0.15) is 5.25 Å². The van der Waals surface area contributed by atoms with Crippen molar-refractivity contribution in [3.05, 3.63) is 18.2 Å². The molecule has 0 saturated heterocycles. The second-order valence-corrected chi connectivity index (χ2v) is 8.91. The lowest BCUT2D eigenvalue weighted by molar-refractivity contribution is -0.139. The van der Waals surface area contributed by atoms with Crippen LogP contribution >= 0.6 is 11.8 Å². The molecular weight excluding hydrogens is 374 g/mol. The number of carbonyl (C=O) groups excluding carboxylic acids is 1. The Labute approximate surface area is 158 Å². The summed E-state index contributed by atoms with van der Waals surface area (Å²) in [7, 11) is -2.19. The van der Waals surface area contributed by atoms with Crippen molar-refractivity contribution >= 4 is 38.8 Å². The Kier molecular flexibility index (Phi) is 6.70. The summed E-state index contributed by atoms with van der Waals surface area (Å²) >= 11 is 1.30.